The van der Waals surface area contributed by atoms with E-state index in [9.17, 15) is 4.79 Å². The molecule has 22 heavy (non-hydrogen) atoms. The summed E-state index contributed by atoms with van der Waals surface area (Å²) >= 11 is 0. The van der Waals surface area contributed by atoms with Gasteiger partial charge in [-0.1, -0.05) is 48.6 Å². The van der Waals surface area contributed by atoms with Crippen LogP contribution < -0.4 is 0 Å². The molecule has 0 saturated heterocycles. The fourth-order valence-electron chi connectivity index (χ4n) is 1.73. The smallest absolute Gasteiger partial charge is 0.142 e. The average Bonchev–Trinajstić information content (AvgIpc) is 2.54. The molecule has 0 bridgehead atoms. The van der Waals surface area contributed by atoms with Gasteiger partial charge in [-0.2, -0.15) is 0 Å². The predicted molar refractivity (Wildman–Crippen MR) is 94.6 cm³/mol. The number of nitrogens with zero attached hydrogens (tertiary/aromatic N) is 2. The van der Waals surface area contributed by atoms with E-state index in [-0.39, 0.29) is 6.04 Å². The van der Waals surface area contributed by atoms with E-state index in [1.165, 1.54) is 11.6 Å². The van der Waals surface area contributed by atoms with E-state index in [1.54, 1.807) is 18.4 Å². The molecule has 1 aromatic carbocycles. The molecular formula is C19H22N2O. The number of rotatable bonds is 7. The lowest BCUT2D eigenvalue weighted by molar-refractivity contribution is -0.104. The van der Waals surface area contributed by atoms with Crippen molar-refractivity contribution in [3.05, 3.63) is 72.5 Å². The summed E-state index contributed by atoms with van der Waals surface area (Å²) in [6, 6.07) is 10.3. The molecule has 0 N–H and O–H groups in total. The first-order valence-electron chi connectivity index (χ1n) is 7.23. The van der Waals surface area contributed by atoms with Gasteiger partial charge in [-0.05, 0) is 38.5 Å². The summed E-state index contributed by atoms with van der Waals surface area (Å²) in [6.07, 6.45) is 11.0. The lowest BCUT2D eigenvalue weighted by Gasteiger charge is -2.08. The van der Waals surface area contributed by atoms with Crippen LogP contribution >= 0.6 is 0 Å². The van der Waals surface area contributed by atoms with E-state index in [4.69, 9.17) is 0 Å². The van der Waals surface area contributed by atoms with Crippen LogP contribution in [0.15, 0.2) is 76.9 Å². The monoisotopic (exact) mass is 294 g/mol. The zero-order valence-corrected chi connectivity index (χ0v) is 13.3. The van der Waals surface area contributed by atoms with Crippen molar-refractivity contribution in [3.8, 4) is 0 Å². The highest BCUT2D eigenvalue weighted by Gasteiger charge is 2.04. The van der Waals surface area contributed by atoms with Crippen LogP contribution in [0.4, 0.5) is 0 Å². The third-order valence-corrected chi connectivity index (χ3v) is 3.07. The Morgan fingerprint density at radius 3 is 2.27 bits per heavy atom. The Labute approximate surface area is 132 Å². The van der Waals surface area contributed by atoms with Crippen molar-refractivity contribution in [1.82, 2.24) is 0 Å². The fraction of sp³-hybridized carbons (Fsp3) is 0.211. The predicted octanol–water partition coefficient (Wildman–Crippen LogP) is 4.49. The van der Waals surface area contributed by atoms with E-state index in [1.807, 2.05) is 44.2 Å². The SMILES string of the molecule is CC(=N\C=C/C=C\C=C/C=O)C(C)=NC(C)c1ccccc1. The Morgan fingerprint density at radius 1 is 0.955 bits per heavy atom. The second-order valence-electron chi connectivity index (χ2n) is 4.76. The number of aldehydes is 1. The molecule has 0 radical (unpaired) electrons. The summed E-state index contributed by atoms with van der Waals surface area (Å²) in [5, 5.41) is 0. The minimum Gasteiger partial charge on any atom is -0.299 e. The van der Waals surface area contributed by atoms with Crippen LogP contribution in [0.25, 0.3) is 0 Å². The number of hydrogen-bond acceptors (Lipinski definition) is 3. The molecule has 0 aliphatic heterocycles. The normalized spacial score (nSPS) is 15.0. The van der Waals surface area contributed by atoms with Crippen LogP contribution in [-0.2, 0) is 4.79 Å². The van der Waals surface area contributed by atoms with Crippen LogP contribution in [-0.4, -0.2) is 17.7 Å². The first-order valence-corrected chi connectivity index (χ1v) is 7.23. The fourth-order valence-corrected chi connectivity index (χ4v) is 1.73. The van der Waals surface area contributed by atoms with Crippen molar-refractivity contribution in [3.63, 3.8) is 0 Å². The zero-order chi connectivity index (χ0) is 16.2. The average molecular weight is 294 g/mol. The molecule has 1 rings (SSSR count). The molecule has 0 heterocycles. The molecule has 0 saturated carbocycles. The molecule has 0 aliphatic rings. The first-order chi connectivity index (χ1) is 10.6. The molecule has 3 nitrogen and oxygen atoms in total. The molecule has 0 aromatic heterocycles. The van der Waals surface area contributed by atoms with E-state index >= 15 is 0 Å². The maximum Gasteiger partial charge on any atom is 0.142 e. The van der Waals surface area contributed by atoms with Crippen molar-refractivity contribution in [2.24, 2.45) is 9.98 Å². The van der Waals surface area contributed by atoms with Gasteiger partial charge in [0.2, 0.25) is 0 Å². The van der Waals surface area contributed by atoms with E-state index < -0.39 is 0 Å². The van der Waals surface area contributed by atoms with Gasteiger partial charge in [-0.3, -0.25) is 14.8 Å². The Bertz CT molecular complexity index is 608. The molecule has 0 amide bonds. The van der Waals surface area contributed by atoms with Gasteiger partial charge in [0, 0.05) is 6.20 Å². The number of hydrogen-bond donors (Lipinski definition) is 0. The van der Waals surface area contributed by atoms with Crippen LogP contribution in [0.1, 0.15) is 32.4 Å². The maximum atomic E-state index is 10.1. The summed E-state index contributed by atoms with van der Waals surface area (Å²) in [4.78, 5) is 19.1. The standard InChI is InChI=1S/C19H22N2O/c1-16(20-14-10-5-4-6-11-15-22)17(2)21-18(3)19-12-8-7-9-13-19/h4-15,18H,1-3H3/b5-4-,11-6-,14-10-,20-16?,21-17?. The van der Waals surface area contributed by atoms with E-state index in [0.717, 1.165) is 17.7 Å². The molecule has 0 fully saturated rings. The third kappa shape index (κ3) is 6.75. The summed E-state index contributed by atoms with van der Waals surface area (Å²) in [5.74, 6) is 0. The molecule has 3 heteroatoms. The van der Waals surface area contributed by atoms with Gasteiger partial charge in [0.25, 0.3) is 0 Å². The molecule has 1 atom stereocenters. The molecule has 114 valence electrons. The summed E-state index contributed by atoms with van der Waals surface area (Å²) in [6.45, 7) is 5.98. The Morgan fingerprint density at radius 2 is 1.59 bits per heavy atom. The number of benzene rings is 1. The Balaban J connectivity index is 2.65. The van der Waals surface area contributed by atoms with Gasteiger partial charge in [-0.25, -0.2) is 0 Å². The molecule has 0 aliphatic carbocycles. The van der Waals surface area contributed by atoms with Crippen LogP contribution in [0, 0.1) is 0 Å². The molecule has 0 spiro atoms. The Hall–Kier alpha value is -2.55. The highest BCUT2D eigenvalue weighted by molar-refractivity contribution is 6.40. The second kappa shape index (κ2) is 10.2. The number of aliphatic imine (C=N–C) groups is 2. The summed E-state index contributed by atoms with van der Waals surface area (Å²) < 4.78 is 0. The van der Waals surface area contributed by atoms with Crippen molar-refractivity contribution >= 4 is 17.7 Å². The largest absolute Gasteiger partial charge is 0.299 e. The van der Waals surface area contributed by atoms with Crippen molar-refractivity contribution < 1.29 is 4.79 Å². The maximum absolute atomic E-state index is 10.1. The van der Waals surface area contributed by atoms with Crippen LogP contribution in [0.5, 0.6) is 0 Å². The number of allylic oxidation sites excluding steroid dienone is 5. The topological polar surface area (TPSA) is 41.8 Å². The van der Waals surface area contributed by atoms with Crippen molar-refractivity contribution in [2.75, 3.05) is 0 Å². The van der Waals surface area contributed by atoms with Crippen LogP contribution in [0.3, 0.4) is 0 Å². The van der Waals surface area contributed by atoms with Gasteiger partial charge in [-0.15, -0.1) is 0 Å². The summed E-state index contributed by atoms with van der Waals surface area (Å²) in [7, 11) is 0. The highest BCUT2D eigenvalue weighted by Crippen LogP contribution is 2.16. The van der Waals surface area contributed by atoms with Gasteiger partial charge in [0.1, 0.15) is 6.29 Å². The second-order valence-corrected chi connectivity index (χ2v) is 4.76. The van der Waals surface area contributed by atoms with Crippen LogP contribution in [0.2, 0.25) is 0 Å². The van der Waals surface area contributed by atoms with E-state index in [0.29, 0.717) is 0 Å². The highest BCUT2D eigenvalue weighted by atomic mass is 16.1. The van der Waals surface area contributed by atoms with Crippen molar-refractivity contribution in [1.29, 1.82) is 0 Å². The minimum atomic E-state index is 0.115. The molecular weight excluding hydrogens is 272 g/mol. The lowest BCUT2D eigenvalue weighted by atomic mass is 10.1. The molecule has 1 unspecified atom stereocenters. The summed E-state index contributed by atoms with van der Waals surface area (Å²) in [5.41, 5.74) is 3.00. The Kier molecular flexibility index (Phi) is 8.13. The van der Waals surface area contributed by atoms with Gasteiger partial charge >= 0.3 is 0 Å². The number of carbonyl (C=O) groups excluding carboxylic acids is 1. The first kappa shape index (κ1) is 17.5. The third-order valence-electron chi connectivity index (χ3n) is 3.07. The van der Waals surface area contributed by atoms with Gasteiger partial charge in [0.15, 0.2) is 0 Å². The molecule has 1 aromatic rings. The van der Waals surface area contributed by atoms with Gasteiger partial charge < -0.3 is 0 Å². The zero-order valence-electron chi connectivity index (χ0n) is 13.3. The quantitative estimate of drug-likeness (QED) is 0.316. The van der Waals surface area contributed by atoms with Crippen molar-refractivity contribution in [2.45, 2.75) is 26.8 Å². The number of carbonyl (C=O) groups is 1. The van der Waals surface area contributed by atoms with E-state index in [2.05, 4.69) is 29.0 Å². The lowest BCUT2D eigenvalue weighted by Crippen LogP contribution is -2.07. The van der Waals surface area contributed by atoms with Gasteiger partial charge in [0.05, 0.1) is 17.5 Å². The minimum absolute atomic E-state index is 0.115.